The molecule has 1 heterocycles. The topological polar surface area (TPSA) is 68.0 Å². The molecule has 1 amide bonds. The van der Waals surface area contributed by atoms with E-state index in [9.17, 15) is 4.79 Å². The predicted molar refractivity (Wildman–Crippen MR) is 80.0 cm³/mol. The number of nitrogens with two attached hydrogens (primary N) is 1. The van der Waals surface area contributed by atoms with Gasteiger partial charge in [0.25, 0.3) is 0 Å². The quantitative estimate of drug-likeness (QED) is 0.832. The van der Waals surface area contributed by atoms with Crippen molar-refractivity contribution in [2.75, 3.05) is 5.32 Å². The largest absolute Gasteiger partial charge is 0.392 e. The number of aryl methyl sites for hydroxylation is 2. The van der Waals surface area contributed by atoms with E-state index in [0.29, 0.717) is 10.9 Å². The highest BCUT2D eigenvalue weighted by Gasteiger charge is 2.50. The van der Waals surface area contributed by atoms with Crippen LogP contribution in [0.4, 0.5) is 5.69 Å². The monoisotopic (exact) mass is 277 g/mol. The molecule has 3 N–H and O–H groups in total. The van der Waals surface area contributed by atoms with Crippen molar-refractivity contribution in [1.82, 2.24) is 4.98 Å². The third-order valence-corrected chi connectivity index (χ3v) is 4.16. The molecule has 0 bridgehead atoms. The van der Waals surface area contributed by atoms with Crippen molar-refractivity contribution >= 4 is 28.8 Å². The highest BCUT2D eigenvalue weighted by atomic mass is 32.1. The lowest BCUT2D eigenvalue weighted by atomic mass is 9.62. The van der Waals surface area contributed by atoms with E-state index in [-0.39, 0.29) is 5.91 Å². The smallest absolute Gasteiger partial charge is 0.237 e. The van der Waals surface area contributed by atoms with Crippen LogP contribution in [-0.4, -0.2) is 15.9 Å². The summed E-state index contributed by atoms with van der Waals surface area (Å²) >= 11 is 5.08. The van der Waals surface area contributed by atoms with Gasteiger partial charge in [0.15, 0.2) is 0 Å². The number of amides is 1. The average Bonchev–Trinajstić information content (AvgIpc) is 2.27. The van der Waals surface area contributed by atoms with Crippen LogP contribution >= 0.6 is 12.2 Å². The highest BCUT2D eigenvalue weighted by Crippen LogP contribution is 2.46. The van der Waals surface area contributed by atoms with Crippen LogP contribution in [0.3, 0.4) is 0 Å². The molecule has 0 radical (unpaired) electrons. The number of carbonyl (C=O) groups excluding carboxylic acids is 1. The van der Waals surface area contributed by atoms with E-state index in [1.807, 2.05) is 26.0 Å². The first-order valence-corrected chi connectivity index (χ1v) is 6.81. The van der Waals surface area contributed by atoms with E-state index in [1.165, 1.54) is 0 Å². The Morgan fingerprint density at radius 1 is 1.47 bits per heavy atom. The van der Waals surface area contributed by atoms with E-state index in [1.54, 1.807) is 0 Å². The third kappa shape index (κ3) is 2.47. The summed E-state index contributed by atoms with van der Waals surface area (Å²) in [6.45, 7) is 5.89. The van der Waals surface area contributed by atoms with Crippen molar-refractivity contribution in [3.8, 4) is 0 Å². The summed E-state index contributed by atoms with van der Waals surface area (Å²) in [4.78, 5) is 17.1. The first-order valence-electron chi connectivity index (χ1n) is 6.41. The van der Waals surface area contributed by atoms with Crippen LogP contribution in [0.1, 0.15) is 31.2 Å². The van der Waals surface area contributed by atoms with Gasteiger partial charge >= 0.3 is 0 Å². The van der Waals surface area contributed by atoms with Crippen molar-refractivity contribution < 1.29 is 4.79 Å². The minimum Gasteiger partial charge on any atom is -0.392 e. The molecule has 4 nitrogen and oxygen atoms in total. The van der Waals surface area contributed by atoms with Gasteiger partial charge in [-0.3, -0.25) is 9.78 Å². The second-order valence-corrected chi connectivity index (χ2v) is 5.94. The molecule has 1 saturated carbocycles. The summed E-state index contributed by atoms with van der Waals surface area (Å²) in [6.07, 6.45) is 1.46. The molecule has 19 heavy (non-hydrogen) atoms. The molecular weight excluding hydrogens is 258 g/mol. The van der Waals surface area contributed by atoms with Gasteiger partial charge in [-0.15, -0.1) is 0 Å². The Labute approximate surface area is 118 Å². The van der Waals surface area contributed by atoms with Crippen molar-refractivity contribution in [2.45, 2.75) is 33.6 Å². The van der Waals surface area contributed by atoms with E-state index in [0.717, 1.165) is 29.9 Å². The van der Waals surface area contributed by atoms with Crippen LogP contribution in [-0.2, 0) is 4.79 Å². The third-order valence-electron chi connectivity index (χ3n) is 3.77. The zero-order valence-corrected chi connectivity index (χ0v) is 12.3. The molecule has 5 heteroatoms. The molecule has 0 atom stereocenters. The van der Waals surface area contributed by atoms with Gasteiger partial charge in [-0.25, -0.2) is 0 Å². The summed E-state index contributed by atoms with van der Waals surface area (Å²) in [7, 11) is 0. The molecule has 0 aliphatic heterocycles. The number of anilines is 1. The lowest BCUT2D eigenvalue weighted by molar-refractivity contribution is -0.127. The lowest BCUT2D eigenvalue weighted by Gasteiger charge is -2.44. The first-order chi connectivity index (χ1) is 8.85. The molecular formula is C14H19N3OS. The van der Waals surface area contributed by atoms with Crippen molar-refractivity contribution in [1.29, 1.82) is 0 Å². The molecule has 102 valence electrons. The Kier molecular flexibility index (Phi) is 3.58. The maximum absolute atomic E-state index is 12.4. The molecule has 0 saturated heterocycles. The van der Waals surface area contributed by atoms with Crippen LogP contribution in [0.25, 0.3) is 0 Å². The van der Waals surface area contributed by atoms with E-state index in [2.05, 4.69) is 17.2 Å². The first kappa shape index (κ1) is 13.9. The van der Waals surface area contributed by atoms with Gasteiger partial charge < -0.3 is 11.1 Å². The van der Waals surface area contributed by atoms with Crippen LogP contribution < -0.4 is 11.1 Å². The van der Waals surface area contributed by atoms with Gasteiger partial charge in [0.1, 0.15) is 0 Å². The number of nitrogens with zero attached hydrogens (tertiary/aromatic N) is 1. The number of hydrogen-bond donors (Lipinski definition) is 2. The normalized spacial score (nSPS) is 25.5. The van der Waals surface area contributed by atoms with Gasteiger partial charge in [0, 0.05) is 5.69 Å². The van der Waals surface area contributed by atoms with E-state index >= 15 is 0 Å². The van der Waals surface area contributed by atoms with Crippen LogP contribution in [0.15, 0.2) is 12.1 Å². The fraction of sp³-hybridized carbons (Fsp3) is 0.500. The minimum atomic E-state index is -0.675. The van der Waals surface area contributed by atoms with E-state index in [4.69, 9.17) is 18.0 Å². The highest BCUT2D eigenvalue weighted by molar-refractivity contribution is 7.80. The molecule has 1 aromatic rings. The molecule has 1 aliphatic carbocycles. The minimum absolute atomic E-state index is 0.105. The number of thiocarbonyl (C=S) groups is 1. The average molecular weight is 277 g/mol. The van der Waals surface area contributed by atoms with E-state index < -0.39 is 5.41 Å². The Balaban J connectivity index is 2.19. The van der Waals surface area contributed by atoms with Gasteiger partial charge in [-0.05, 0) is 44.7 Å². The lowest BCUT2D eigenvalue weighted by Crippen LogP contribution is -2.53. The fourth-order valence-corrected chi connectivity index (χ4v) is 2.95. The summed E-state index contributed by atoms with van der Waals surface area (Å²) in [5.41, 5.74) is 7.55. The fourth-order valence-electron chi connectivity index (χ4n) is 2.69. The summed E-state index contributed by atoms with van der Waals surface area (Å²) in [5, 5.41) is 2.91. The summed E-state index contributed by atoms with van der Waals surface area (Å²) in [6, 6.07) is 3.74. The Bertz CT molecular complexity index is 535. The molecule has 2 rings (SSSR count). The van der Waals surface area contributed by atoms with Crippen LogP contribution in [0, 0.1) is 25.2 Å². The summed E-state index contributed by atoms with van der Waals surface area (Å²) in [5.74, 6) is 0.386. The summed E-state index contributed by atoms with van der Waals surface area (Å²) < 4.78 is 0. The van der Waals surface area contributed by atoms with Gasteiger partial charge in [-0.2, -0.15) is 0 Å². The number of carbonyl (C=O) groups is 1. The van der Waals surface area contributed by atoms with Crippen molar-refractivity contribution in [3.63, 3.8) is 0 Å². The zero-order valence-electron chi connectivity index (χ0n) is 11.5. The maximum Gasteiger partial charge on any atom is 0.237 e. The number of nitrogens with one attached hydrogen (secondary N) is 1. The maximum atomic E-state index is 12.4. The number of pyridine rings is 1. The Morgan fingerprint density at radius 3 is 2.58 bits per heavy atom. The molecule has 0 spiro atoms. The standard InChI is InChI=1S/C14H19N3OS/c1-8-6-14(7-8,12(15)19)13(18)17-11-5-4-9(2)16-10(11)3/h4-5,8H,6-7H2,1-3H3,(H2,15,19)(H,17,18). The number of rotatable bonds is 3. The molecule has 0 aromatic carbocycles. The molecule has 1 fully saturated rings. The van der Waals surface area contributed by atoms with Gasteiger partial charge in [0.05, 0.1) is 21.8 Å². The predicted octanol–water partition coefficient (Wildman–Crippen LogP) is 2.34. The zero-order chi connectivity index (χ0) is 14.2. The van der Waals surface area contributed by atoms with Gasteiger partial charge in [-0.1, -0.05) is 19.1 Å². The number of hydrogen-bond acceptors (Lipinski definition) is 3. The Morgan fingerprint density at radius 2 is 2.11 bits per heavy atom. The SMILES string of the molecule is Cc1ccc(NC(=O)C2(C(N)=S)CC(C)C2)c(C)n1. The second-order valence-electron chi connectivity index (χ2n) is 5.50. The number of aromatic nitrogens is 1. The van der Waals surface area contributed by atoms with Crippen LogP contribution in [0.2, 0.25) is 0 Å². The van der Waals surface area contributed by atoms with Gasteiger partial charge in [0.2, 0.25) is 5.91 Å². The Hall–Kier alpha value is -1.49. The van der Waals surface area contributed by atoms with Crippen LogP contribution in [0.5, 0.6) is 0 Å². The molecule has 1 aromatic heterocycles. The van der Waals surface area contributed by atoms with Crippen molar-refractivity contribution in [2.24, 2.45) is 17.1 Å². The molecule has 0 unspecified atom stereocenters. The van der Waals surface area contributed by atoms with Crippen molar-refractivity contribution in [3.05, 3.63) is 23.5 Å². The second kappa shape index (κ2) is 4.89. The molecule has 1 aliphatic rings.